The SMILES string of the molecule is CCCC(=O)CN1CCOC(CO)C1. The van der Waals surface area contributed by atoms with Crippen LogP contribution in [0.1, 0.15) is 19.8 Å². The minimum Gasteiger partial charge on any atom is -0.394 e. The number of aliphatic hydroxyl groups is 1. The van der Waals surface area contributed by atoms with Crippen LogP contribution in [0.2, 0.25) is 0 Å². The molecule has 0 aromatic carbocycles. The van der Waals surface area contributed by atoms with Crippen molar-refractivity contribution in [3.05, 3.63) is 0 Å². The van der Waals surface area contributed by atoms with Gasteiger partial charge in [-0.3, -0.25) is 9.69 Å². The molecule has 4 heteroatoms. The monoisotopic (exact) mass is 201 g/mol. The van der Waals surface area contributed by atoms with Gasteiger partial charge in [0.2, 0.25) is 0 Å². The number of rotatable bonds is 5. The Hall–Kier alpha value is -0.450. The second-order valence-electron chi connectivity index (χ2n) is 3.70. The summed E-state index contributed by atoms with van der Waals surface area (Å²) in [5, 5.41) is 8.91. The van der Waals surface area contributed by atoms with E-state index in [-0.39, 0.29) is 18.5 Å². The number of ketones is 1. The molecule has 1 saturated heterocycles. The lowest BCUT2D eigenvalue weighted by Crippen LogP contribution is -2.45. The summed E-state index contributed by atoms with van der Waals surface area (Å²) < 4.78 is 5.30. The van der Waals surface area contributed by atoms with E-state index in [4.69, 9.17) is 9.84 Å². The molecule has 82 valence electrons. The third-order valence-electron chi connectivity index (χ3n) is 2.36. The van der Waals surface area contributed by atoms with Crippen LogP contribution in [0.5, 0.6) is 0 Å². The van der Waals surface area contributed by atoms with E-state index in [2.05, 4.69) is 4.90 Å². The fraction of sp³-hybridized carbons (Fsp3) is 0.900. The maximum Gasteiger partial charge on any atom is 0.146 e. The predicted molar refractivity (Wildman–Crippen MR) is 53.2 cm³/mol. The topological polar surface area (TPSA) is 49.8 Å². The summed E-state index contributed by atoms with van der Waals surface area (Å²) in [6.07, 6.45) is 1.45. The van der Waals surface area contributed by atoms with E-state index in [0.29, 0.717) is 26.1 Å². The number of aliphatic hydroxyl groups excluding tert-OH is 1. The summed E-state index contributed by atoms with van der Waals surface area (Å²) >= 11 is 0. The molecule has 1 rings (SSSR count). The minimum absolute atomic E-state index is 0.0401. The Bertz CT molecular complexity index is 184. The van der Waals surface area contributed by atoms with E-state index in [1.165, 1.54) is 0 Å². The lowest BCUT2D eigenvalue weighted by atomic mass is 10.2. The molecule has 1 heterocycles. The molecule has 0 amide bonds. The predicted octanol–water partition coefficient (Wildman–Crippen LogP) is 0.0487. The second kappa shape index (κ2) is 6.11. The van der Waals surface area contributed by atoms with Gasteiger partial charge in [0.1, 0.15) is 5.78 Å². The van der Waals surface area contributed by atoms with Crippen LogP contribution < -0.4 is 0 Å². The number of ether oxygens (including phenoxy) is 1. The first-order valence-corrected chi connectivity index (χ1v) is 5.22. The largest absolute Gasteiger partial charge is 0.394 e. The number of hydrogen-bond acceptors (Lipinski definition) is 4. The van der Waals surface area contributed by atoms with E-state index in [1.807, 2.05) is 6.92 Å². The molecule has 0 saturated carbocycles. The zero-order chi connectivity index (χ0) is 10.4. The zero-order valence-electron chi connectivity index (χ0n) is 8.74. The summed E-state index contributed by atoms with van der Waals surface area (Å²) in [5.74, 6) is 0.283. The molecule has 0 aromatic heterocycles. The molecule has 1 unspecified atom stereocenters. The van der Waals surface area contributed by atoms with Crippen molar-refractivity contribution in [2.24, 2.45) is 0 Å². The van der Waals surface area contributed by atoms with Crippen molar-refractivity contribution in [1.29, 1.82) is 0 Å². The van der Waals surface area contributed by atoms with Crippen molar-refractivity contribution in [2.45, 2.75) is 25.9 Å². The number of morpholine rings is 1. The standard InChI is InChI=1S/C10H19NO3/c1-2-3-9(13)6-11-4-5-14-10(7-11)8-12/h10,12H,2-8H2,1H3. The Labute approximate surface area is 84.8 Å². The molecule has 0 aromatic rings. The molecule has 1 N–H and O–H groups in total. The normalized spacial score (nSPS) is 23.7. The van der Waals surface area contributed by atoms with Gasteiger partial charge in [0.15, 0.2) is 0 Å². The average Bonchev–Trinajstić information content (AvgIpc) is 2.18. The highest BCUT2D eigenvalue weighted by Gasteiger charge is 2.20. The van der Waals surface area contributed by atoms with Crippen molar-refractivity contribution < 1.29 is 14.6 Å². The van der Waals surface area contributed by atoms with Gasteiger partial charge in [-0.1, -0.05) is 6.92 Å². The highest BCUT2D eigenvalue weighted by atomic mass is 16.5. The van der Waals surface area contributed by atoms with Crippen LogP contribution in [0, 0.1) is 0 Å². The van der Waals surface area contributed by atoms with E-state index in [1.54, 1.807) is 0 Å². The number of carbonyl (C=O) groups excluding carboxylic acids is 1. The van der Waals surface area contributed by atoms with Crippen LogP contribution in [0.3, 0.4) is 0 Å². The second-order valence-corrected chi connectivity index (χ2v) is 3.70. The maximum absolute atomic E-state index is 11.4. The fourth-order valence-corrected chi connectivity index (χ4v) is 1.64. The molecule has 0 aliphatic carbocycles. The van der Waals surface area contributed by atoms with Crippen LogP contribution in [0.4, 0.5) is 0 Å². The van der Waals surface area contributed by atoms with Gasteiger partial charge >= 0.3 is 0 Å². The van der Waals surface area contributed by atoms with Crippen LogP contribution in [-0.2, 0) is 9.53 Å². The molecule has 0 spiro atoms. The first-order valence-electron chi connectivity index (χ1n) is 5.22. The highest BCUT2D eigenvalue weighted by Crippen LogP contribution is 2.05. The lowest BCUT2D eigenvalue weighted by Gasteiger charge is -2.31. The van der Waals surface area contributed by atoms with Gasteiger partial charge in [-0.2, -0.15) is 0 Å². The minimum atomic E-state index is -0.113. The smallest absolute Gasteiger partial charge is 0.146 e. The molecule has 4 nitrogen and oxygen atoms in total. The number of Topliss-reactive ketones (excluding diaryl/α,β-unsaturated/α-hetero) is 1. The van der Waals surface area contributed by atoms with Gasteiger partial charge in [-0.05, 0) is 6.42 Å². The Morgan fingerprint density at radius 2 is 2.43 bits per heavy atom. The van der Waals surface area contributed by atoms with Crippen LogP contribution in [-0.4, -0.2) is 54.7 Å². The lowest BCUT2D eigenvalue weighted by molar-refractivity contribution is -0.122. The molecule has 1 atom stereocenters. The van der Waals surface area contributed by atoms with Crippen LogP contribution in [0.25, 0.3) is 0 Å². The summed E-state index contributed by atoms with van der Waals surface area (Å²) in [7, 11) is 0. The average molecular weight is 201 g/mol. The van der Waals surface area contributed by atoms with Gasteiger partial charge in [0.25, 0.3) is 0 Å². The van der Waals surface area contributed by atoms with Gasteiger partial charge in [-0.15, -0.1) is 0 Å². The van der Waals surface area contributed by atoms with E-state index < -0.39 is 0 Å². The molecule has 1 fully saturated rings. The van der Waals surface area contributed by atoms with Gasteiger partial charge < -0.3 is 9.84 Å². The third-order valence-corrected chi connectivity index (χ3v) is 2.36. The molecule has 0 radical (unpaired) electrons. The quantitative estimate of drug-likeness (QED) is 0.683. The first-order chi connectivity index (χ1) is 6.76. The van der Waals surface area contributed by atoms with Crippen molar-refractivity contribution in [2.75, 3.05) is 32.8 Å². The van der Waals surface area contributed by atoms with E-state index in [9.17, 15) is 4.79 Å². The van der Waals surface area contributed by atoms with Crippen LogP contribution >= 0.6 is 0 Å². The Balaban J connectivity index is 2.26. The van der Waals surface area contributed by atoms with Crippen molar-refractivity contribution >= 4 is 5.78 Å². The van der Waals surface area contributed by atoms with E-state index in [0.717, 1.165) is 13.0 Å². The summed E-state index contributed by atoms with van der Waals surface area (Å²) in [5.41, 5.74) is 0. The zero-order valence-corrected chi connectivity index (χ0v) is 8.74. The Kier molecular flexibility index (Phi) is 5.07. The van der Waals surface area contributed by atoms with Crippen molar-refractivity contribution in [3.63, 3.8) is 0 Å². The molecule has 1 aliphatic heterocycles. The van der Waals surface area contributed by atoms with Gasteiger partial charge in [0, 0.05) is 19.5 Å². The fourth-order valence-electron chi connectivity index (χ4n) is 1.64. The Morgan fingerprint density at radius 1 is 1.64 bits per heavy atom. The maximum atomic E-state index is 11.4. The molecule has 0 bridgehead atoms. The molecular formula is C10H19NO3. The first kappa shape index (κ1) is 11.6. The highest BCUT2D eigenvalue weighted by molar-refractivity contribution is 5.80. The molecule has 1 aliphatic rings. The van der Waals surface area contributed by atoms with E-state index >= 15 is 0 Å². The summed E-state index contributed by atoms with van der Waals surface area (Å²) in [6.45, 7) is 4.64. The van der Waals surface area contributed by atoms with Crippen LogP contribution in [0.15, 0.2) is 0 Å². The number of hydrogen-bond donors (Lipinski definition) is 1. The summed E-state index contributed by atoms with van der Waals surface area (Å²) in [6, 6.07) is 0. The van der Waals surface area contributed by atoms with Crippen molar-refractivity contribution in [3.8, 4) is 0 Å². The number of carbonyl (C=O) groups is 1. The van der Waals surface area contributed by atoms with Crippen molar-refractivity contribution in [1.82, 2.24) is 4.90 Å². The number of nitrogens with zero attached hydrogens (tertiary/aromatic N) is 1. The molecule has 14 heavy (non-hydrogen) atoms. The molecular weight excluding hydrogens is 182 g/mol. The van der Waals surface area contributed by atoms with Gasteiger partial charge in [-0.25, -0.2) is 0 Å². The Morgan fingerprint density at radius 3 is 3.07 bits per heavy atom. The third kappa shape index (κ3) is 3.74. The summed E-state index contributed by atoms with van der Waals surface area (Å²) in [4.78, 5) is 13.4. The van der Waals surface area contributed by atoms with Gasteiger partial charge in [0.05, 0.1) is 25.9 Å².